The van der Waals surface area contributed by atoms with Crippen LogP contribution in [0.1, 0.15) is 18.4 Å². The largest absolute Gasteiger partial charge is 0.494 e. The molecule has 1 aliphatic heterocycles. The van der Waals surface area contributed by atoms with E-state index in [4.69, 9.17) is 15.9 Å². The molecule has 0 unspecified atom stereocenters. The molecule has 3 N–H and O–H groups in total. The van der Waals surface area contributed by atoms with Crippen molar-refractivity contribution >= 4 is 11.7 Å². The summed E-state index contributed by atoms with van der Waals surface area (Å²) >= 11 is 0. The Kier molecular flexibility index (Phi) is 4.50. The van der Waals surface area contributed by atoms with Gasteiger partial charge in [0.1, 0.15) is 5.75 Å². The van der Waals surface area contributed by atoms with Gasteiger partial charge in [-0.3, -0.25) is 5.41 Å². The molecular formula is C17H24N5O+. The quantitative estimate of drug-likeness (QED) is 0.351. The fraction of sp³-hybridized carbons (Fsp3) is 0.412. The smallest absolute Gasteiger partial charge is 0.197 e. The van der Waals surface area contributed by atoms with Crippen molar-refractivity contribution in [2.24, 2.45) is 12.8 Å². The zero-order chi connectivity index (χ0) is 16.2. The lowest BCUT2D eigenvalue weighted by Gasteiger charge is -2.16. The first-order chi connectivity index (χ1) is 11.1. The van der Waals surface area contributed by atoms with E-state index >= 15 is 0 Å². The van der Waals surface area contributed by atoms with Gasteiger partial charge in [-0.05, 0) is 24.1 Å². The summed E-state index contributed by atoms with van der Waals surface area (Å²) < 4.78 is 10.1. The van der Waals surface area contributed by atoms with Gasteiger partial charge in [-0.1, -0.05) is 12.1 Å². The van der Waals surface area contributed by atoms with Crippen molar-refractivity contribution in [1.29, 1.82) is 5.41 Å². The van der Waals surface area contributed by atoms with Crippen molar-refractivity contribution in [3.8, 4) is 5.75 Å². The zero-order valence-corrected chi connectivity index (χ0v) is 13.5. The third-order valence-corrected chi connectivity index (χ3v) is 4.15. The van der Waals surface area contributed by atoms with E-state index < -0.39 is 0 Å². The Bertz CT molecular complexity index is 677. The van der Waals surface area contributed by atoms with Gasteiger partial charge >= 0.3 is 0 Å². The number of aromatic nitrogens is 2. The summed E-state index contributed by atoms with van der Waals surface area (Å²) in [6, 6.07) is 10.4. The highest BCUT2D eigenvalue weighted by Crippen LogP contribution is 2.22. The molecule has 0 atom stereocenters. The number of amidine groups is 1. The number of benzene rings is 1. The molecule has 0 saturated carbocycles. The number of aryl methyl sites for hydroxylation is 1. The number of hydrogen-bond acceptors (Lipinski definition) is 3. The molecule has 0 radical (unpaired) electrons. The Balaban J connectivity index is 1.53. The Morgan fingerprint density at radius 2 is 2.04 bits per heavy atom. The van der Waals surface area contributed by atoms with Gasteiger partial charge in [0.25, 0.3) is 0 Å². The zero-order valence-electron chi connectivity index (χ0n) is 13.5. The van der Waals surface area contributed by atoms with Crippen LogP contribution in [-0.2, 0) is 20.1 Å². The standard InChI is InChI=1S/C17H24N5O/c1-20-9-8-17-21(10-11-22(17)20)13-14-4-6-15(7-5-14)23-12-2-3-16(18)19/h4-9H,2-3,10-13H2,1H3,(H3,18,19)/q+1. The predicted molar refractivity (Wildman–Crippen MR) is 89.7 cm³/mol. The second-order valence-electron chi connectivity index (χ2n) is 5.91. The molecule has 0 amide bonds. The highest BCUT2D eigenvalue weighted by Gasteiger charge is 2.24. The second kappa shape index (κ2) is 6.73. The summed E-state index contributed by atoms with van der Waals surface area (Å²) in [4.78, 5) is 2.39. The third kappa shape index (κ3) is 3.64. The molecule has 1 aromatic carbocycles. The van der Waals surface area contributed by atoms with Crippen LogP contribution in [0.4, 0.5) is 5.82 Å². The number of nitrogens with one attached hydrogen (secondary N) is 1. The molecule has 122 valence electrons. The average Bonchev–Trinajstić information content (AvgIpc) is 3.09. The topological polar surface area (TPSA) is 71.2 Å². The first-order valence-electron chi connectivity index (χ1n) is 7.98. The molecule has 1 aliphatic rings. The van der Waals surface area contributed by atoms with Crippen LogP contribution in [-0.4, -0.2) is 23.7 Å². The van der Waals surface area contributed by atoms with Crippen LogP contribution < -0.4 is 20.1 Å². The van der Waals surface area contributed by atoms with E-state index in [1.165, 1.54) is 11.4 Å². The van der Waals surface area contributed by atoms with Gasteiger partial charge in [0.15, 0.2) is 19.1 Å². The van der Waals surface area contributed by atoms with Crippen molar-refractivity contribution < 1.29 is 9.42 Å². The van der Waals surface area contributed by atoms with Crippen molar-refractivity contribution in [1.82, 2.24) is 4.68 Å². The van der Waals surface area contributed by atoms with E-state index in [9.17, 15) is 0 Å². The number of fused-ring (bicyclic) bond motifs is 1. The molecule has 0 saturated heterocycles. The summed E-state index contributed by atoms with van der Waals surface area (Å²) in [6.45, 7) is 3.59. The minimum Gasteiger partial charge on any atom is -0.494 e. The van der Waals surface area contributed by atoms with Crippen molar-refractivity contribution in [3.63, 3.8) is 0 Å². The molecule has 3 rings (SSSR count). The molecule has 2 heterocycles. The van der Waals surface area contributed by atoms with E-state index in [2.05, 4.69) is 45.7 Å². The van der Waals surface area contributed by atoms with Crippen LogP contribution in [0.2, 0.25) is 0 Å². The number of hydrogen-bond donors (Lipinski definition) is 2. The molecule has 0 fully saturated rings. The summed E-state index contributed by atoms with van der Waals surface area (Å²) in [6.07, 6.45) is 3.46. The predicted octanol–water partition coefficient (Wildman–Crippen LogP) is 1.43. The molecule has 2 aromatic rings. The summed E-state index contributed by atoms with van der Waals surface area (Å²) in [5.74, 6) is 2.36. The maximum atomic E-state index is 7.18. The van der Waals surface area contributed by atoms with Gasteiger partial charge in [-0.15, -0.1) is 9.36 Å². The molecule has 0 bridgehead atoms. The maximum Gasteiger partial charge on any atom is 0.197 e. The van der Waals surface area contributed by atoms with Gasteiger partial charge in [0.05, 0.1) is 25.1 Å². The highest BCUT2D eigenvalue weighted by molar-refractivity contribution is 5.76. The van der Waals surface area contributed by atoms with Crippen molar-refractivity contribution in [3.05, 3.63) is 42.1 Å². The molecular weight excluding hydrogens is 290 g/mol. The number of ether oxygens (including phenoxy) is 1. The summed E-state index contributed by atoms with van der Waals surface area (Å²) in [5, 5.41) is 7.18. The second-order valence-corrected chi connectivity index (χ2v) is 5.91. The van der Waals surface area contributed by atoms with Crippen LogP contribution in [0.25, 0.3) is 0 Å². The Hall–Kier alpha value is -2.50. The summed E-state index contributed by atoms with van der Waals surface area (Å²) in [5.41, 5.74) is 6.60. The van der Waals surface area contributed by atoms with E-state index in [-0.39, 0.29) is 5.84 Å². The molecule has 6 heteroatoms. The van der Waals surface area contributed by atoms with Crippen LogP contribution >= 0.6 is 0 Å². The Morgan fingerprint density at radius 3 is 2.78 bits per heavy atom. The van der Waals surface area contributed by atoms with E-state index in [1.54, 1.807) is 0 Å². The molecule has 1 aromatic heterocycles. The molecule has 0 aliphatic carbocycles. The minimum absolute atomic E-state index is 0.215. The Labute approximate surface area is 136 Å². The number of nitrogens with two attached hydrogens (primary N) is 1. The van der Waals surface area contributed by atoms with Crippen LogP contribution in [0, 0.1) is 5.41 Å². The van der Waals surface area contributed by atoms with Crippen molar-refractivity contribution in [2.75, 3.05) is 18.1 Å². The van der Waals surface area contributed by atoms with E-state index in [1.807, 2.05) is 12.1 Å². The molecule has 23 heavy (non-hydrogen) atoms. The minimum atomic E-state index is 0.215. The van der Waals surface area contributed by atoms with Crippen LogP contribution in [0.5, 0.6) is 5.75 Å². The van der Waals surface area contributed by atoms with Gasteiger partial charge in [0, 0.05) is 19.5 Å². The monoisotopic (exact) mass is 314 g/mol. The molecule has 0 spiro atoms. The first-order valence-corrected chi connectivity index (χ1v) is 7.98. The number of anilines is 1. The van der Waals surface area contributed by atoms with Crippen LogP contribution in [0.15, 0.2) is 36.5 Å². The number of rotatable bonds is 7. The maximum absolute atomic E-state index is 7.18. The van der Waals surface area contributed by atoms with Crippen LogP contribution in [0.3, 0.4) is 0 Å². The lowest BCUT2D eigenvalue weighted by Crippen LogP contribution is -2.37. The van der Waals surface area contributed by atoms with Gasteiger partial charge in [-0.25, -0.2) is 0 Å². The van der Waals surface area contributed by atoms with Gasteiger partial charge < -0.3 is 15.4 Å². The highest BCUT2D eigenvalue weighted by atomic mass is 16.5. The normalized spacial score (nSPS) is 13.2. The van der Waals surface area contributed by atoms with E-state index in [0.717, 1.165) is 31.8 Å². The average molecular weight is 314 g/mol. The summed E-state index contributed by atoms with van der Waals surface area (Å²) in [7, 11) is 2.07. The third-order valence-electron chi connectivity index (χ3n) is 4.15. The van der Waals surface area contributed by atoms with Crippen molar-refractivity contribution in [2.45, 2.75) is 25.9 Å². The van der Waals surface area contributed by atoms with E-state index in [0.29, 0.717) is 13.0 Å². The lowest BCUT2D eigenvalue weighted by atomic mass is 10.2. The Morgan fingerprint density at radius 1 is 1.26 bits per heavy atom. The fourth-order valence-corrected chi connectivity index (χ4v) is 2.90. The lowest BCUT2D eigenvalue weighted by molar-refractivity contribution is -0.751. The first kappa shape index (κ1) is 15.4. The molecule has 6 nitrogen and oxygen atoms in total. The van der Waals surface area contributed by atoms with Gasteiger partial charge in [0.2, 0.25) is 0 Å². The van der Waals surface area contributed by atoms with Gasteiger partial charge in [-0.2, -0.15) is 0 Å². The SMILES string of the molecule is C[n+]1ccc2n1CCN2Cc1ccc(OCCCC(=N)N)cc1. The number of nitrogens with zero attached hydrogens (tertiary/aromatic N) is 3. The fourth-order valence-electron chi connectivity index (χ4n) is 2.90.